The monoisotopic (exact) mass is 321 g/mol. The second-order valence-electron chi connectivity index (χ2n) is 4.64. The number of nitrogens with two attached hydrogens (primary N) is 1. The van der Waals surface area contributed by atoms with E-state index in [9.17, 15) is 4.39 Å². The molecule has 0 bridgehead atoms. The van der Waals surface area contributed by atoms with E-state index < -0.39 is 6.04 Å². The van der Waals surface area contributed by atoms with E-state index in [4.69, 9.17) is 5.73 Å². The summed E-state index contributed by atoms with van der Waals surface area (Å²) in [4.78, 5) is 0. The maximum absolute atomic E-state index is 13.9. The van der Waals surface area contributed by atoms with Gasteiger partial charge >= 0.3 is 0 Å². The average molecular weight is 322 g/mol. The van der Waals surface area contributed by atoms with E-state index >= 15 is 0 Å². The smallest absolute Gasteiger partial charge is 0.129 e. The topological polar surface area (TPSA) is 26.0 Å². The Balaban J connectivity index is 2.32. The fourth-order valence-electron chi connectivity index (χ4n) is 2.16. The van der Waals surface area contributed by atoms with E-state index in [1.165, 1.54) is 11.6 Å². The van der Waals surface area contributed by atoms with Crippen molar-refractivity contribution >= 4 is 15.9 Å². The lowest BCUT2D eigenvalue weighted by Gasteiger charge is -2.15. The van der Waals surface area contributed by atoms with Crippen LogP contribution in [0.15, 0.2) is 46.9 Å². The Morgan fingerprint density at radius 2 is 2.00 bits per heavy atom. The predicted octanol–water partition coefficient (Wildman–Crippen LogP) is 4.59. The Morgan fingerprint density at radius 1 is 1.21 bits per heavy atom. The van der Waals surface area contributed by atoms with Crippen LogP contribution in [0.3, 0.4) is 0 Å². The summed E-state index contributed by atoms with van der Waals surface area (Å²) in [5, 5.41) is 0. The van der Waals surface area contributed by atoms with Crippen LogP contribution in [0.2, 0.25) is 0 Å². The molecule has 0 spiro atoms. The first kappa shape index (κ1) is 14.2. The van der Waals surface area contributed by atoms with Gasteiger partial charge in [-0.25, -0.2) is 4.39 Å². The molecule has 0 aromatic heterocycles. The standard InChI is InChI=1S/C16H17BrFN/c1-2-4-11-5-3-6-12(9-11)16(19)14-8-7-13(17)10-15(14)18/h3,5-10,16H,2,4,19H2,1H3. The Kier molecular flexibility index (Phi) is 4.72. The molecule has 19 heavy (non-hydrogen) atoms. The minimum Gasteiger partial charge on any atom is -0.320 e. The van der Waals surface area contributed by atoms with Crippen LogP contribution in [0.25, 0.3) is 0 Å². The average Bonchev–Trinajstić information content (AvgIpc) is 2.39. The highest BCUT2D eigenvalue weighted by Crippen LogP contribution is 2.25. The summed E-state index contributed by atoms with van der Waals surface area (Å²) in [5.41, 5.74) is 8.90. The van der Waals surface area contributed by atoms with Crippen LogP contribution in [0.4, 0.5) is 4.39 Å². The number of aryl methyl sites for hydroxylation is 1. The summed E-state index contributed by atoms with van der Waals surface area (Å²) in [7, 11) is 0. The molecule has 0 amide bonds. The van der Waals surface area contributed by atoms with Gasteiger partial charge in [-0.1, -0.05) is 59.6 Å². The minimum atomic E-state index is -0.426. The summed E-state index contributed by atoms with van der Waals surface area (Å²) in [6.45, 7) is 2.14. The summed E-state index contributed by atoms with van der Waals surface area (Å²) in [5.74, 6) is -0.275. The van der Waals surface area contributed by atoms with Crippen LogP contribution >= 0.6 is 15.9 Å². The molecule has 0 saturated heterocycles. The van der Waals surface area contributed by atoms with E-state index in [2.05, 4.69) is 35.0 Å². The van der Waals surface area contributed by atoms with Gasteiger partial charge < -0.3 is 5.73 Å². The number of hydrogen-bond acceptors (Lipinski definition) is 1. The summed E-state index contributed by atoms with van der Waals surface area (Å²) < 4.78 is 14.6. The number of benzene rings is 2. The first-order chi connectivity index (χ1) is 9.11. The second-order valence-corrected chi connectivity index (χ2v) is 5.55. The first-order valence-electron chi connectivity index (χ1n) is 6.41. The zero-order valence-electron chi connectivity index (χ0n) is 10.9. The maximum Gasteiger partial charge on any atom is 0.129 e. The molecule has 100 valence electrons. The van der Waals surface area contributed by atoms with Crippen LogP contribution in [0.1, 0.15) is 36.1 Å². The molecular weight excluding hydrogens is 305 g/mol. The van der Waals surface area contributed by atoms with Gasteiger partial charge in [0.25, 0.3) is 0 Å². The van der Waals surface area contributed by atoms with Crippen LogP contribution < -0.4 is 5.73 Å². The SMILES string of the molecule is CCCc1cccc(C(N)c2ccc(Br)cc2F)c1. The fourth-order valence-corrected chi connectivity index (χ4v) is 2.50. The second kappa shape index (κ2) is 6.31. The lowest BCUT2D eigenvalue weighted by molar-refractivity contribution is 0.598. The molecule has 0 aliphatic carbocycles. The molecule has 0 fully saturated rings. The molecule has 0 aliphatic heterocycles. The Hall–Kier alpha value is -1.19. The van der Waals surface area contributed by atoms with E-state index in [-0.39, 0.29) is 5.82 Å². The van der Waals surface area contributed by atoms with E-state index in [0.29, 0.717) is 5.56 Å². The highest BCUT2D eigenvalue weighted by molar-refractivity contribution is 9.10. The van der Waals surface area contributed by atoms with Gasteiger partial charge in [0.05, 0.1) is 6.04 Å². The molecule has 1 unspecified atom stereocenters. The number of halogens is 2. The van der Waals surface area contributed by atoms with Crippen molar-refractivity contribution in [2.24, 2.45) is 5.73 Å². The van der Waals surface area contributed by atoms with E-state index in [0.717, 1.165) is 22.9 Å². The van der Waals surface area contributed by atoms with Gasteiger partial charge in [0.1, 0.15) is 5.82 Å². The van der Waals surface area contributed by atoms with Gasteiger partial charge in [-0.15, -0.1) is 0 Å². The highest BCUT2D eigenvalue weighted by Gasteiger charge is 2.14. The van der Waals surface area contributed by atoms with Crippen LogP contribution in [0, 0.1) is 5.82 Å². The molecular formula is C16H17BrFN. The van der Waals surface area contributed by atoms with Gasteiger partial charge in [0, 0.05) is 10.0 Å². The molecule has 1 atom stereocenters. The van der Waals surface area contributed by atoms with Gasteiger partial charge in [-0.2, -0.15) is 0 Å². The van der Waals surface area contributed by atoms with E-state index in [1.807, 2.05) is 18.2 Å². The van der Waals surface area contributed by atoms with E-state index in [1.54, 1.807) is 6.07 Å². The summed E-state index contributed by atoms with van der Waals surface area (Å²) >= 11 is 3.25. The lowest BCUT2D eigenvalue weighted by Crippen LogP contribution is -2.13. The predicted molar refractivity (Wildman–Crippen MR) is 80.6 cm³/mol. The van der Waals surface area contributed by atoms with Crippen molar-refractivity contribution in [3.05, 3.63) is 69.4 Å². The quantitative estimate of drug-likeness (QED) is 0.875. The zero-order chi connectivity index (χ0) is 13.8. The highest BCUT2D eigenvalue weighted by atomic mass is 79.9. The van der Waals surface area contributed by atoms with Crippen LogP contribution in [0.5, 0.6) is 0 Å². The fraction of sp³-hybridized carbons (Fsp3) is 0.250. The molecule has 0 aliphatic rings. The third kappa shape index (κ3) is 3.43. The molecule has 2 N–H and O–H groups in total. The molecule has 1 nitrogen and oxygen atoms in total. The molecule has 0 saturated carbocycles. The minimum absolute atomic E-state index is 0.275. The van der Waals surface area contributed by atoms with Crippen molar-refractivity contribution in [3.63, 3.8) is 0 Å². The Bertz CT molecular complexity index is 568. The van der Waals surface area contributed by atoms with Crippen molar-refractivity contribution in [3.8, 4) is 0 Å². The molecule has 3 heteroatoms. The van der Waals surface area contributed by atoms with Gasteiger partial charge in [-0.05, 0) is 29.7 Å². The first-order valence-corrected chi connectivity index (χ1v) is 7.20. The van der Waals surface area contributed by atoms with Crippen LogP contribution in [-0.4, -0.2) is 0 Å². The van der Waals surface area contributed by atoms with Crippen molar-refractivity contribution in [1.29, 1.82) is 0 Å². The molecule has 2 aromatic carbocycles. The summed E-state index contributed by atoms with van der Waals surface area (Å²) in [6, 6.07) is 12.6. The summed E-state index contributed by atoms with van der Waals surface area (Å²) in [6.07, 6.45) is 2.11. The molecule has 2 aromatic rings. The Labute approximate surface area is 121 Å². The third-order valence-corrected chi connectivity index (χ3v) is 3.64. The molecule has 0 radical (unpaired) electrons. The van der Waals surface area contributed by atoms with Gasteiger partial charge in [0.2, 0.25) is 0 Å². The maximum atomic E-state index is 13.9. The van der Waals surface area contributed by atoms with Crippen molar-refractivity contribution in [1.82, 2.24) is 0 Å². The number of rotatable bonds is 4. The molecule has 0 heterocycles. The van der Waals surface area contributed by atoms with Gasteiger partial charge in [-0.3, -0.25) is 0 Å². The van der Waals surface area contributed by atoms with Gasteiger partial charge in [0.15, 0.2) is 0 Å². The van der Waals surface area contributed by atoms with Crippen molar-refractivity contribution < 1.29 is 4.39 Å². The molecule has 2 rings (SSSR count). The zero-order valence-corrected chi connectivity index (χ0v) is 12.5. The largest absolute Gasteiger partial charge is 0.320 e. The third-order valence-electron chi connectivity index (χ3n) is 3.15. The van der Waals surface area contributed by atoms with Crippen molar-refractivity contribution in [2.75, 3.05) is 0 Å². The lowest BCUT2D eigenvalue weighted by atomic mass is 9.96. The number of hydrogen-bond donors (Lipinski definition) is 1. The van der Waals surface area contributed by atoms with Crippen molar-refractivity contribution in [2.45, 2.75) is 25.8 Å². The normalized spacial score (nSPS) is 12.4. The van der Waals surface area contributed by atoms with Crippen LogP contribution in [-0.2, 0) is 6.42 Å². The Morgan fingerprint density at radius 3 is 2.68 bits per heavy atom.